The molecule has 1 N–H and O–H groups in total. The summed E-state index contributed by atoms with van der Waals surface area (Å²) in [6.45, 7) is 4.39. The van der Waals surface area contributed by atoms with Crippen molar-refractivity contribution in [3.8, 4) is 5.75 Å². The first-order chi connectivity index (χ1) is 8.27. The minimum atomic E-state index is 0.0241. The van der Waals surface area contributed by atoms with E-state index in [0.29, 0.717) is 0 Å². The molecule has 0 amide bonds. The smallest absolute Gasteiger partial charge is 0.123 e. The molecule has 2 fully saturated rings. The molecule has 0 bridgehead atoms. The standard InChI is InChI=1S/C15H21NO/c1-15(8-10-16-11-9-15)17-14-5-3-2-4-13(14)12-6-7-12/h2-5,12,16H,6-11H2,1H3. The maximum Gasteiger partial charge on any atom is 0.123 e. The highest BCUT2D eigenvalue weighted by Gasteiger charge is 2.32. The average molecular weight is 231 g/mol. The molecular weight excluding hydrogens is 210 g/mol. The Morgan fingerprint density at radius 1 is 1.18 bits per heavy atom. The Hall–Kier alpha value is -1.02. The molecule has 2 aliphatic rings. The van der Waals surface area contributed by atoms with Crippen molar-refractivity contribution in [1.82, 2.24) is 5.32 Å². The van der Waals surface area contributed by atoms with Gasteiger partial charge in [-0.15, -0.1) is 0 Å². The third kappa shape index (κ3) is 2.47. The highest BCUT2D eigenvalue weighted by molar-refractivity contribution is 5.39. The first-order valence-electron chi connectivity index (χ1n) is 6.75. The molecule has 0 radical (unpaired) electrons. The second-order valence-electron chi connectivity index (χ2n) is 5.61. The quantitative estimate of drug-likeness (QED) is 0.863. The minimum Gasteiger partial charge on any atom is -0.487 e. The largest absolute Gasteiger partial charge is 0.487 e. The van der Waals surface area contributed by atoms with E-state index in [2.05, 4.69) is 36.5 Å². The van der Waals surface area contributed by atoms with E-state index < -0.39 is 0 Å². The fraction of sp³-hybridized carbons (Fsp3) is 0.600. The van der Waals surface area contributed by atoms with E-state index in [9.17, 15) is 0 Å². The lowest BCUT2D eigenvalue weighted by atomic mass is 9.94. The van der Waals surface area contributed by atoms with Gasteiger partial charge in [-0.2, -0.15) is 0 Å². The molecule has 0 aromatic heterocycles. The van der Waals surface area contributed by atoms with Crippen molar-refractivity contribution in [3.63, 3.8) is 0 Å². The van der Waals surface area contributed by atoms with Crippen LogP contribution >= 0.6 is 0 Å². The van der Waals surface area contributed by atoms with Gasteiger partial charge in [0, 0.05) is 0 Å². The number of piperidine rings is 1. The molecule has 2 nitrogen and oxygen atoms in total. The van der Waals surface area contributed by atoms with Crippen molar-refractivity contribution in [2.24, 2.45) is 0 Å². The summed E-state index contributed by atoms with van der Waals surface area (Å²) in [5.41, 5.74) is 1.45. The Morgan fingerprint density at radius 2 is 1.88 bits per heavy atom. The van der Waals surface area contributed by atoms with Gasteiger partial charge in [-0.3, -0.25) is 0 Å². The van der Waals surface area contributed by atoms with Crippen LogP contribution in [0.25, 0.3) is 0 Å². The molecule has 1 heterocycles. The fourth-order valence-corrected chi connectivity index (χ4v) is 2.63. The van der Waals surface area contributed by atoms with Crippen LogP contribution in [0.4, 0.5) is 0 Å². The molecule has 17 heavy (non-hydrogen) atoms. The van der Waals surface area contributed by atoms with Gasteiger partial charge in [-0.1, -0.05) is 18.2 Å². The number of hydrogen-bond acceptors (Lipinski definition) is 2. The van der Waals surface area contributed by atoms with Crippen molar-refractivity contribution < 1.29 is 4.74 Å². The number of hydrogen-bond donors (Lipinski definition) is 1. The summed E-state index contributed by atoms with van der Waals surface area (Å²) >= 11 is 0. The van der Waals surface area contributed by atoms with Crippen LogP contribution in [0.5, 0.6) is 5.75 Å². The van der Waals surface area contributed by atoms with Crippen LogP contribution in [0, 0.1) is 0 Å². The molecule has 2 heteroatoms. The van der Waals surface area contributed by atoms with E-state index >= 15 is 0 Å². The van der Waals surface area contributed by atoms with Gasteiger partial charge in [-0.05, 0) is 63.2 Å². The van der Waals surface area contributed by atoms with Crippen molar-refractivity contribution in [2.75, 3.05) is 13.1 Å². The third-order valence-corrected chi connectivity index (χ3v) is 3.95. The lowest BCUT2D eigenvalue weighted by molar-refractivity contribution is 0.0546. The first-order valence-corrected chi connectivity index (χ1v) is 6.75. The second-order valence-corrected chi connectivity index (χ2v) is 5.61. The van der Waals surface area contributed by atoms with Crippen LogP contribution < -0.4 is 10.1 Å². The van der Waals surface area contributed by atoms with E-state index in [-0.39, 0.29) is 5.60 Å². The number of benzene rings is 1. The fourth-order valence-electron chi connectivity index (χ4n) is 2.63. The molecule has 0 spiro atoms. The van der Waals surface area contributed by atoms with Crippen molar-refractivity contribution in [2.45, 2.75) is 44.1 Å². The molecular formula is C15H21NO. The van der Waals surface area contributed by atoms with Crippen LogP contribution in [0.15, 0.2) is 24.3 Å². The van der Waals surface area contributed by atoms with Crippen LogP contribution in [0.1, 0.15) is 44.1 Å². The van der Waals surface area contributed by atoms with Gasteiger partial charge < -0.3 is 10.1 Å². The van der Waals surface area contributed by atoms with E-state index in [1.807, 2.05) is 0 Å². The molecule has 1 aliphatic carbocycles. The van der Waals surface area contributed by atoms with Gasteiger partial charge in [-0.25, -0.2) is 0 Å². The normalized spacial score (nSPS) is 23.4. The van der Waals surface area contributed by atoms with Crippen molar-refractivity contribution >= 4 is 0 Å². The number of rotatable bonds is 3. The van der Waals surface area contributed by atoms with Crippen molar-refractivity contribution in [3.05, 3.63) is 29.8 Å². The summed E-state index contributed by atoms with van der Waals surface area (Å²) in [7, 11) is 0. The van der Waals surface area contributed by atoms with E-state index in [1.165, 1.54) is 18.4 Å². The average Bonchev–Trinajstić information content (AvgIpc) is 3.14. The SMILES string of the molecule is CC1(Oc2ccccc2C2CC2)CCNCC1. The minimum absolute atomic E-state index is 0.0241. The summed E-state index contributed by atoms with van der Waals surface area (Å²) in [6.07, 6.45) is 4.87. The van der Waals surface area contributed by atoms with Crippen LogP contribution in [-0.4, -0.2) is 18.7 Å². The Labute approximate surface area is 103 Å². The Bertz CT molecular complexity index is 392. The number of nitrogens with one attached hydrogen (secondary N) is 1. The maximum absolute atomic E-state index is 6.34. The monoisotopic (exact) mass is 231 g/mol. The molecule has 1 aromatic carbocycles. The van der Waals surface area contributed by atoms with Crippen molar-refractivity contribution in [1.29, 1.82) is 0 Å². The molecule has 92 valence electrons. The Balaban J connectivity index is 1.79. The summed E-state index contributed by atoms with van der Waals surface area (Å²) in [5.74, 6) is 1.89. The zero-order valence-electron chi connectivity index (χ0n) is 10.5. The highest BCUT2D eigenvalue weighted by Crippen LogP contribution is 2.45. The summed E-state index contributed by atoms with van der Waals surface area (Å²) in [5, 5.41) is 3.40. The highest BCUT2D eigenvalue weighted by atomic mass is 16.5. The zero-order valence-corrected chi connectivity index (χ0v) is 10.5. The van der Waals surface area contributed by atoms with Gasteiger partial charge in [0.2, 0.25) is 0 Å². The summed E-state index contributed by atoms with van der Waals surface area (Å²) < 4.78 is 6.34. The van der Waals surface area contributed by atoms with Gasteiger partial charge in [0.25, 0.3) is 0 Å². The molecule has 1 saturated heterocycles. The lowest BCUT2D eigenvalue weighted by Crippen LogP contribution is -2.44. The summed E-state index contributed by atoms with van der Waals surface area (Å²) in [4.78, 5) is 0. The number of ether oxygens (including phenoxy) is 1. The van der Waals surface area contributed by atoms with Crippen LogP contribution in [0.3, 0.4) is 0 Å². The van der Waals surface area contributed by atoms with Gasteiger partial charge in [0.15, 0.2) is 0 Å². The van der Waals surface area contributed by atoms with Crippen LogP contribution in [-0.2, 0) is 0 Å². The molecule has 1 saturated carbocycles. The second kappa shape index (κ2) is 4.34. The van der Waals surface area contributed by atoms with Gasteiger partial charge in [0.05, 0.1) is 0 Å². The molecule has 0 unspecified atom stereocenters. The molecule has 1 aromatic rings. The van der Waals surface area contributed by atoms with E-state index in [0.717, 1.165) is 37.6 Å². The number of para-hydroxylation sites is 1. The van der Waals surface area contributed by atoms with E-state index in [1.54, 1.807) is 0 Å². The first kappa shape index (κ1) is 11.1. The van der Waals surface area contributed by atoms with Crippen LogP contribution in [0.2, 0.25) is 0 Å². The molecule has 0 atom stereocenters. The summed E-state index contributed by atoms with van der Waals surface area (Å²) in [6, 6.07) is 8.59. The third-order valence-electron chi connectivity index (χ3n) is 3.95. The topological polar surface area (TPSA) is 21.3 Å². The van der Waals surface area contributed by atoms with Gasteiger partial charge >= 0.3 is 0 Å². The molecule has 3 rings (SSSR count). The predicted molar refractivity (Wildman–Crippen MR) is 69.6 cm³/mol. The van der Waals surface area contributed by atoms with E-state index in [4.69, 9.17) is 4.74 Å². The Kier molecular flexibility index (Phi) is 2.83. The lowest BCUT2D eigenvalue weighted by Gasteiger charge is -2.35. The zero-order chi connectivity index (χ0) is 11.7. The van der Waals surface area contributed by atoms with Gasteiger partial charge in [0.1, 0.15) is 11.4 Å². The maximum atomic E-state index is 6.34. The molecule has 1 aliphatic heterocycles. The Morgan fingerprint density at radius 3 is 2.59 bits per heavy atom. The predicted octanol–water partition coefficient (Wildman–Crippen LogP) is 3.08.